The van der Waals surface area contributed by atoms with Gasteiger partial charge in [0.15, 0.2) is 0 Å². The molecule has 134 valence electrons. The fraction of sp³-hybridized carbons (Fsp3) is 0.278. The third kappa shape index (κ3) is 4.81. The predicted molar refractivity (Wildman–Crippen MR) is 101 cm³/mol. The SMILES string of the molecule is NC(=O)Nc1cc(C#Cc2ccncc2)sc1C(=O)N[C@H]1CCCNC1. The molecular weight excluding hydrogens is 350 g/mol. The van der Waals surface area contributed by atoms with Crippen molar-refractivity contribution in [1.82, 2.24) is 15.6 Å². The number of hydrogen-bond acceptors (Lipinski definition) is 5. The number of rotatable bonds is 3. The van der Waals surface area contributed by atoms with Crippen LogP contribution in [0.25, 0.3) is 0 Å². The lowest BCUT2D eigenvalue weighted by Gasteiger charge is -2.23. The molecule has 0 saturated carbocycles. The highest BCUT2D eigenvalue weighted by Crippen LogP contribution is 2.27. The van der Waals surface area contributed by atoms with Gasteiger partial charge in [-0.15, -0.1) is 11.3 Å². The van der Waals surface area contributed by atoms with Gasteiger partial charge >= 0.3 is 6.03 Å². The zero-order valence-corrected chi connectivity index (χ0v) is 14.9. The van der Waals surface area contributed by atoms with Gasteiger partial charge in [0.1, 0.15) is 4.88 Å². The first-order valence-corrected chi connectivity index (χ1v) is 9.07. The van der Waals surface area contributed by atoms with E-state index in [4.69, 9.17) is 5.73 Å². The van der Waals surface area contributed by atoms with Crippen LogP contribution in [0.4, 0.5) is 10.5 Å². The van der Waals surface area contributed by atoms with Crippen molar-refractivity contribution in [3.63, 3.8) is 0 Å². The van der Waals surface area contributed by atoms with E-state index in [0.717, 1.165) is 31.5 Å². The largest absolute Gasteiger partial charge is 0.351 e. The number of urea groups is 1. The van der Waals surface area contributed by atoms with E-state index in [2.05, 4.69) is 32.8 Å². The van der Waals surface area contributed by atoms with Crippen LogP contribution in [0.1, 0.15) is 33.0 Å². The highest BCUT2D eigenvalue weighted by molar-refractivity contribution is 7.15. The first-order chi connectivity index (χ1) is 12.6. The minimum absolute atomic E-state index is 0.0751. The van der Waals surface area contributed by atoms with Crippen LogP contribution in [-0.2, 0) is 0 Å². The van der Waals surface area contributed by atoms with E-state index in [-0.39, 0.29) is 11.9 Å². The average Bonchev–Trinajstić information content (AvgIpc) is 3.04. The molecule has 0 aromatic carbocycles. The number of carbonyl (C=O) groups is 2. The van der Waals surface area contributed by atoms with Crippen LogP contribution in [-0.4, -0.2) is 36.1 Å². The molecule has 3 amide bonds. The van der Waals surface area contributed by atoms with Crippen LogP contribution in [0.3, 0.4) is 0 Å². The van der Waals surface area contributed by atoms with Crippen LogP contribution in [0.15, 0.2) is 30.6 Å². The smallest absolute Gasteiger partial charge is 0.316 e. The zero-order chi connectivity index (χ0) is 18.4. The summed E-state index contributed by atoms with van der Waals surface area (Å²) in [5.41, 5.74) is 6.42. The molecule has 0 spiro atoms. The number of piperidine rings is 1. The van der Waals surface area contributed by atoms with Gasteiger partial charge in [0.2, 0.25) is 0 Å². The standard InChI is InChI=1S/C18H19N5O2S/c19-18(25)23-15-10-14(4-3-12-5-8-20-9-6-12)26-16(15)17(24)22-13-2-1-7-21-11-13/h5-6,8-10,13,21H,1-2,7,11H2,(H,22,24)(H3,19,23,25)/t13-/m0/s1. The van der Waals surface area contributed by atoms with Crippen molar-refractivity contribution in [3.8, 4) is 11.8 Å². The van der Waals surface area contributed by atoms with Gasteiger partial charge in [0.25, 0.3) is 5.91 Å². The number of hydrogen-bond donors (Lipinski definition) is 4. The second-order valence-electron chi connectivity index (χ2n) is 5.85. The van der Waals surface area contributed by atoms with Gasteiger partial charge in [-0.05, 0) is 37.6 Å². The maximum Gasteiger partial charge on any atom is 0.316 e. The van der Waals surface area contributed by atoms with E-state index in [1.807, 2.05) is 0 Å². The van der Waals surface area contributed by atoms with E-state index in [1.54, 1.807) is 30.6 Å². The normalized spacial score (nSPS) is 16.2. The molecular formula is C18H19N5O2S. The van der Waals surface area contributed by atoms with Crippen molar-refractivity contribution >= 4 is 29.0 Å². The summed E-state index contributed by atoms with van der Waals surface area (Å²) in [5, 5.41) is 8.76. The van der Waals surface area contributed by atoms with Crippen molar-refractivity contribution in [3.05, 3.63) is 45.9 Å². The number of aromatic nitrogens is 1. The summed E-state index contributed by atoms with van der Waals surface area (Å²) >= 11 is 1.23. The minimum atomic E-state index is -0.718. The van der Waals surface area contributed by atoms with Gasteiger partial charge in [-0.1, -0.05) is 11.8 Å². The van der Waals surface area contributed by atoms with Crippen molar-refractivity contribution in [2.24, 2.45) is 5.73 Å². The number of nitrogens with zero attached hydrogens (tertiary/aromatic N) is 1. The molecule has 3 rings (SSSR count). The summed E-state index contributed by atoms with van der Waals surface area (Å²) < 4.78 is 0. The maximum absolute atomic E-state index is 12.6. The molecule has 26 heavy (non-hydrogen) atoms. The molecule has 0 unspecified atom stereocenters. The van der Waals surface area contributed by atoms with Gasteiger partial charge in [-0.3, -0.25) is 9.78 Å². The lowest BCUT2D eigenvalue weighted by atomic mass is 10.1. The molecule has 1 saturated heterocycles. The number of anilines is 1. The van der Waals surface area contributed by atoms with Gasteiger partial charge in [0.05, 0.1) is 10.6 Å². The summed E-state index contributed by atoms with van der Waals surface area (Å²) in [6.45, 7) is 1.71. The fourth-order valence-electron chi connectivity index (χ4n) is 2.64. The van der Waals surface area contributed by atoms with Gasteiger partial charge in [-0.25, -0.2) is 4.79 Å². The Bertz CT molecular complexity index is 847. The Labute approximate surface area is 155 Å². The summed E-state index contributed by atoms with van der Waals surface area (Å²) in [6.07, 6.45) is 5.27. The molecule has 1 atom stereocenters. The molecule has 0 radical (unpaired) electrons. The Morgan fingerprint density at radius 2 is 2.12 bits per heavy atom. The molecule has 7 nitrogen and oxygen atoms in total. The number of pyridine rings is 1. The van der Waals surface area contributed by atoms with Crippen molar-refractivity contribution < 1.29 is 9.59 Å². The molecule has 2 aromatic rings. The summed E-state index contributed by atoms with van der Waals surface area (Å²) in [4.78, 5) is 28.9. The number of amides is 3. The molecule has 1 aliphatic rings. The Morgan fingerprint density at radius 1 is 1.31 bits per heavy atom. The number of thiophene rings is 1. The topological polar surface area (TPSA) is 109 Å². The Hall–Kier alpha value is -2.89. The summed E-state index contributed by atoms with van der Waals surface area (Å²) in [6, 6.07) is 4.62. The average molecular weight is 369 g/mol. The van der Waals surface area contributed by atoms with Gasteiger partial charge in [0, 0.05) is 30.5 Å². The highest BCUT2D eigenvalue weighted by atomic mass is 32.1. The zero-order valence-electron chi connectivity index (χ0n) is 14.0. The van der Waals surface area contributed by atoms with Crippen LogP contribution >= 0.6 is 11.3 Å². The molecule has 0 aliphatic carbocycles. The Balaban J connectivity index is 1.81. The second-order valence-corrected chi connectivity index (χ2v) is 6.90. The predicted octanol–water partition coefficient (Wildman–Crippen LogP) is 1.52. The van der Waals surface area contributed by atoms with Gasteiger partial charge < -0.3 is 21.7 Å². The van der Waals surface area contributed by atoms with Crippen LogP contribution < -0.4 is 21.7 Å². The van der Waals surface area contributed by atoms with E-state index in [9.17, 15) is 9.59 Å². The third-order valence-corrected chi connectivity index (χ3v) is 4.89. The maximum atomic E-state index is 12.6. The Morgan fingerprint density at radius 3 is 2.81 bits per heavy atom. The number of nitrogens with two attached hydrogens (primary N) is 1. The minimum Gasteiger partial charge on any atom is -0.351 e. The molecule has 1 fully saturated rings. The second kappa shape index (κ2) is 8.47. The number of carbonyl (C=O) groups excluding carboxylic acids is 2. The third-order valence-electron chi connectivity index (χ3n) is 3.84. The van der Waals surface area contributed by atoms with Crippen LogP contribution in [0, 0.1) is 11.8 Å². The van der Waals surface area contributed by atoms with E-state index in [1.165, 1.54) is 11.3 Å². The fourth-order valence-corrected chi connectivity index (χ4v) is 3.51. The van der Waals surface area contributed by atoms with Crippen LogP contribution in [0.5, 0.6) is 0 Å². The lowest BCUT2D eigenvalue weighted by molar-refractivity contribution is 0.0935. The Kier molecular flexibility index (Phi) is 5.84. The number of nitrogens with one attached hydrogen (secondary N) is 3. The quantitative estimate of drug-likeness (QED) is 0.615. The van der Waals surface area contributed by atoms with E-state index < -0.39 is 6.03 Å². The molecule has 1 aliphatic heterocycles. The molecule has 2 aromatic heterocycles. The molecule has 0 bridgehead atoms. The first-order valence-electron chi connectivity index (χ1n) is 8.26. The molecule has 3 heterocycles. The first kappa shape index (κ1) is 17.9. The van der Waals surface area contributed by atoms with Crippen molar-refractivity contribution in [2.75, 3.05) is 18.4 Å². The van der Waals surface area contributed by atoms with Crippen LogP contribution in [0.2, 0.25) is 0 Å². The summed E-state index contributed by atoms with van der Waals surface area (Å²) in [5.74, 6) is 5.79. The van der Waals surface area contributed by atoms with E-state index in [0.29, 0.717) is 15.4 Å². The van der Waals surface area contributed by atoms with Crippen molar-refractivity contribution in [1.29, 1.82) is 0 Å². The van der Waals surface area contributed by atoms with E-state index >= 15 is 0 Å². The number of primary amides is 1. The van der Waals surface area contributed by atoms with Crippen molar-refractivity contribution in [2.45, 2.75) is 18.9 Å². The van der Waals surface area contributed by atoms with Gasteiger partial charge in [-0.2, -0.15) is 0 Å². The lowest BCUT2D eigenvalue weighted by Crippen LogP contribution is -2.45. The summed E-state index contributed by atoms with van der Waals surface area (Å²) in [7, 11) is 0. The molecule has 8 heteroatoms. The monoisotopic (exact) mass is 369 g/mol. The highest BCUT2D eigenvalue weighted by Gasteiger charge is 2.21. The molecule has 5 N–H and O–H groups in total.